The predicted octanol–water partition coefficient (Wildman–Crippen LogP) is 0.454. The van der Waals surface area contributed by atoms with Gasteiger partial charge in [-0.1, -0.05) is 30.3 Å². The van der Waals surface area contributed by atoms with Gasteiger partial charge in [-0.15, -0.1) is 5.10 Å². The fourth-order valence-corrected chi connectivity index (χ4v) is 1.46. The van der Waals surface area contributed by atoms with E-state index in [4.69, 9.17) is 10.2 Å². The van der Waals surface area contributed by atoms with E-state index in [9.17, 15) is 4.79 Å². The Morgan fingerprint density at radius 1 is 1.40 bits per heavy atom. The van der Waals surface area contributed by atoms with E-state index >= 15 is 0 Å². The number of rotatable bonds is 3. The Hall–Kier alpha value is -1.88. The summed E-state index contributed by atoms with van der Waals surface area (Å²) < 4.78 is 4.89. The van der Waals surface area contributed by atoms with Gasteiger partial charge in [0.05, 0.1) is 5.92 Å². The van der Waals surface area contributed by atoms with Crippen LogP contribution >= 0.6 is 0 Å². The minimum atomic E-state index is -0.556. The van der Waals surface area contributed by atoms with Gasteiger partial charge in [-0.2, -0.15) is 0 Å². The highest BCUT2D eigenvalue weighted by molar-refractivity contribution is 5.24. The Kier molecular flexibility index (Phi) is 2.64. The van der Waals surface area contributed by atoms with E-state index < -0.39 is 5.76 Å². The molecule has 15 heavy (non-hydrogen) atoms. The lowest BCUT2D eigenvalue weighted by atomic mass is 9.99. The van der Waals surface area contributed by atoms with Crippen molar-refractivity contribution in [3.8, 4) is 0 Å². The molecule has 2 rings (SSSR count). The van der Waals surface area contributed by atoms with Gasteiger partial charge in [-0.25, -0.2) is 9.89 Å². The Balaban J connectivity index is 2.37. The first-order valence-electron chi connectivity index (χ1n) is 4.61. The molecule has 0 saturated heterocycles. The van der Waals surface area contributed by atoms with Crippen molar-refractivity contribution in [2.24, 2.45) is 5.73 Å². The molecular formula is C10H11N3O2. The van der Waals surface area contributed by atoms with E-state index in [-0.39, 0.29) is 5.92 Å². The second-order valence-electron chi connectivity index (χ2n) is 3.15. The van der Waals surface area contributed by atoms with Crippen LogP contribution in [0, 0.1) is 0 Å². The maximum atomic E-state index is 10.8. The molecule has 1 unspecified atom stereocenters. The van der Waals surface area contributed by atoms with Gasteiger partial charge in [0.2, 0.25) is 5.89 Å². The van der Waals surface area contributed by atoms with E-state index in [1.54, 1.807) is 0 Å². The van der Waals surface area contributed by atoms with Crippen molar-refractivity contribution in [3.63, 3.8) is 0 Å². The van der Waals surface area contributed by atoms with Gasteiger partial charge in [0.1, 0.15) is 0 Å². The van der Waals surface area contributed by atoms with Gasteiger partial charge in [0.15, 0.2) is 0 Å². The lowest BCUT2D eigenvalue weighted by molar-refractivity contribution is 0.444. The van der Waals surface area contributed by atoms with Crippen molar-refractivity contribution < 1.29 is 4.42 Å². The molecule has 0 amide bonds. The number of nitrogens with one attached hydrogen (secondary N) is 1. The van der Waals surface area contributed by atoms with Gasteiger partial charge < -0.3 is 10.2 Å². The third kappa shape index (κ3) is 1.97. The van der Waals surface area contributed by atoms with E-state index in [0.717, 1.165) is 5.56 Å². The fraction of sp³-hybridized carbons (Fsp3) is 0.200. The molecule has 0 radical (unpaired) electrons. The molecular weight excluding hydrogens is 194 g/mol. The van der Waals surface area contributed by atoms with E-state index in [1.807, 2.05) is 30.3 Å². The highest BCUT2D eigenvalue weighted by Gasteiger charge is 2.17. The zero-order chi connectivity index (χ0) is 10.7. The number of nitrogens with zero attached hydrogens (tertiary/aromatic N) is 1. The summed E-state index contributed by atoms with van der Waals surface area (Å²) in [6, 6.07) is 9.57. The molecule has 0 spiro atoms. The molecule has 1 atom stereocenters. The van der Waals surface area contributed by atoms with Gasteiger partial charge in [-0.05, 0) is 5.56 Å². The van der Waals surface area contributed by atoms with Crippen molar-refractivity contribution in [1.82, 2.24) is 10.2 Å². The second-order valence-corrected chi connectivity index (χ2v) is 3.15. The second kappa shape index (κ2) is 4.10. The Bertz CT molecular complexity index is 475. The average Bonchev–Trinajstić information content (AvgIpc) is 2.68. The molecule has 5 heteroatoms. The van der Waals surface area contributed by atoms with Crippen molar-refractivity contribution in [1.29, 1.82) is 0 Å². The Morgan fingerprint density at radius 2 is 2.13 bits per heavy atom. The highest BCUT2D eigenvalue weighted by atomic mass is 16.4. The summed E-state index contributed by atoms with van der Waals surface area (Å²) in [6.45, 7) is 0.345. The summed E-state index contributed by atoms with van der Waals surface area (Å²) in [5.41, 5.74) is 6.61. The van der Waals surface area contributed by atoms with Crippen molar-refractivity contribution >= 4 is 0 Å². The predicted molar refractivity (Wildman–Crippen MR) is 54.5 cm³/mol. The van der Waals surface area contributed by atoms with Gasteiger partial charge in [0, 0.05) is 6.54 Å². The average molecular weight is 205 g/mol. The molecule has 5 nitrogen and oxygen atoms in total. The van der Waals surface area contributed by atoms with Crippen LogP contribution in [0.5, 0.6) is 0 Å². The largest absolute Gasteiger partial charge is 0.434 e. The fourth-order valence-electron chi connectivity index (χ4n) is 1.46. The smallest absolute Gasteiger partial charge is 0.392 e. The number of aromatic nitrogens is 2. The normalized spacial score (nSPS) is 12.6. The standard InChI is InChI=1S/C10H11N3O2/c11-6-8(7-4-2-1-3-5-7)9-12-13-10(14)15-9/h1-5,8H,6,11H2,(H,13,14). The number of nitrogens with two attached hydrogens (primary N) is 1. The zero-order valence-corrected chi connectivity index (χ0v) is 8.01. The SMILES string of the molecule is NCC(c1ccccc1)c1n[nH]c(=O)o1. The maximum Gasteiger partial charge on any atom is 0.434 e. The maximum absolute atomic E-state index is 10.8. The van der Waals surface area contributed by atoms with Crippen LogP contribution in [0.3, 0.4) is 0 Å². The number of hydrogen-bond acceptors (Lipinski definition) is 4. The molecule has 0 saturated carbocycles. The monoisotopic (exact) mass is 205 g/mol. The van der Waals surface area contributed by atoms with Crippen LogP contribution in [0.4, 0.5) is 0 Å². The van der Waals surface area contributed by atoms with E-state index in [1.165, 1.54) is 0 Å². The molecule has 1 aromatic heterocycles. The van der Waals surface area contributed by atoms with Crippen LogP contribution < -0.4 is 11.5 Å². The minimum absolute atomic E-state index is 0.176. The lowest BCUT2D eigenvalue weighted by Crippen LogP contribution is -2.14. The van der Waals surface area contributed by atoms with Gasteiger partial charge in [-0.3, -0.25) is 0 Å². The molecule has 1 aromatic carbocycles. The summed E-state index contributed by atoms with van der Waals surface area (Å²) in [5, 5.41) is 6.00. The van der Waals surface area contributed by atoms with Crippen LogP contribution in [0.25, 0.3) is 0 Å². The van der Waals surface area contributed by atoms with E-state index in [0.29, 0.717) is 12.4 Å². The van der Waals surface area contributed by atoms with E-state index in [2.05, 4.69) is 10.2 Å². The van der Waals surface area contributed by atoms with Crippen LogP contribution in [0.1, 0.15) is 17.4 Å². The molecule has 0 aliphatic carbocycles. The van der Waals surface area contributed by atoms with Crippen LogP contribution in [0.2, 0.25) is 0 Å². The number of aromatic amines is 1. The topological polar surface area (TPSA) is 84.9 Å². The van der Waals surface area contributed by atoms with Crippen molar-refractivity contribution in [2.75, 3.05) is 6.54 Å². The summed E-state index contributed by atoms with van der Waals surface area (Å²) in [6.07, 6.45) is 0. The number of benzene rings is 1. The third-order valence-corrected chi connectivity index (χ3v) is 2.19. The summed E-state index contributed by atoms with van der Waals surface area (Å²) in [5.74, 6) is -0.404. The third-order valence-electron chi connectivity index (χ3n) is 2.19. The van der Waals surface area contributed by atoms with Crippen LogP contribution in [-0.2, 0) is 0 Å². The van der Waals surface area contributed by atoms with Crippen molar-refractivity contribution in [3.05, 3.63) is 52.3 Å². The molecule has 0 bridgehead atoms. The van der Waals surface area contributed by atoms with Gasteiger partial charge >= 0.3 is 5.76 Å². The highest BCUT2D eigenvalue weighted by Crippen LogP contribution is 2.19. The Morgan fingerprint density at radius 3 is 2.67 bits per heavy atom. The first kappa shape index (κ1) is 9.67. The molecule has 0 aliphatic heterocycles. The molecule has 1 heterocycles. The number of H-pyrrole nitrogens is 1. The molecule has 0 fully saturated rings. The van der Waals surface area contributed by atoms with Crippen LogP contribution in [-0.4, -0.2) is 16.7 Å². The summed E-state index contributed by atoms with van der Waals surface area (Å²) >= 11 is 0. The summed E-state index contributed by atoms with van der Waals surface area (Å²) in [4.78, 5) is 10.8. The first-order valence-corrected chi connectivity index (χ1v) is 4.61. The van der Waals surface area contributed by atoms with Gasteiger partial charge in [0.25, 0.3) is 0 Å². The lowest BCUT2D eigenvalue weighted by Gasteiger charge is -2.09. The summed E-state index contributed by atoms with van der Waals surface area (Å²) in [7, 11) is 0. The molecule has 3 N–H and O–H groups in total. The molecule has 78 valence electrons. The first-order chi connectivity index (χ1) is 7.31. The minimum Gasteiger partial charge on any atom is -0.392 e. The zero-order valence-electron chi connectivity index (χ0n) is 8.01. The number of hydrogen-bond donors (Lipinski definition) is 2. The van der Waals surface area contributed by atoms with Crippen molar-refractivity contribution in [2.45, 2.75) is 5.92 Å². The Labute approximate surface area is 85.9 Å². The quantitative estimate of drug-likeness (QED) is 0.762. The molecule has 2 aromatic rings. The molecule has 0 aliphatic rings. The van der Waals surface area contributed by atoms with Crippen LogP contribution in [0.15, 0.2) is 39.5 Å².